The van der Waals surface area contributed by atoms with Crippen LogP contribution in [0.3, 0.4) is 0 Å². The fraction of sp³-hybridized carbons (Fsp3) is 0.684. The molecule has 25 heavy (non-hydrogen) atoms. The first-order chi connectivity index (χ1) is 11.9. The second-order valence-corrected chi connectivity index (χ2v) is 8.75. The van der Waals surface area contributed by atoms with Gasteiger partial charge in [-0.25, -0.2) is 0 Å². The molecule has 0 aromatic carbocycles. The number of rotatable bonds is 6. The van der Waals surface area contributed by atoms with Crippen molar-refractivity contribution in [3.05, 3.63) is 21.9 Å². The van der Waals surface area contributed by atoms with E-state index in [0.717, 1.165) is 38.1 Å². The van der Waals surface area contributed by atoms with Crippen LogP contribution in [0.15, 0.2) is 17.1 Å². The van der Waals surface area contributed by atoms with Crippen LogP contribution in [0.5, 0.6) is 0 Å². The molecule has 5 nitrogen and oxygen atoms in total. The van der Waals surface area contributed by atoms with Gasteiger partial charge in [0.15, 0.2) is 5.96 Å². The van der Waals surface area contributed by atoms with Crippen molar-refractivity contribution in [2.75, 3.05) is 27.7 Å². The maximum atomic E-state index is 12.7. The summed E-state index contributed by atoms with van der Waals surface area (Å²) in [7, 11) is 5.48. The van der Waals surface area contributed by atoms with Crippen LogP contribution in [-0.2, 0) is 11.2 Å². The molecule has 1 heterocycles. The summed E-state index contributed by atoms with van der Waals surface area (Å²) in [5.41, 5.74) is -0.283. The Balaban J connectivity index is 1.91. The molecule has 0 radical (unpaired) electrons. The Hall–Kier alpha value is -1.56. The predicted octanol–water partition coefficient (Wildman–Crippen LogP) is 2.80. The van der Waals surface area contributed by atoms with E-state index in [1.165, 1.54) is 9.75 Å². The molecule has 1 aliphatic carbocycles. The van der Waals surface area contributed by atoms with Crippen LogP contribution in [0.1, 0.15) is 42.4 Å². The zero-order valence-electron chi connectivity index (χ0n) is 16.2. The zero-order valence-corrected chi connectivity index (χ0v) is 17.0. The molecule has 6 heteroatoms. The topological polar surface area (TPSA) is 56.7 Å². The van der Waals surface area contributed by atoms with Crippen molar-refractivity contribution in [1.29, 1.82) is 0 Å². The van der Waals surface area contributed by atoms with Gasteiger partial charge in [-0.15, -0.1) is 11.3 Å². The van der Waals surface area contributed by atoms with E-state index < -0.39 is 0 Å². The van der Waals surface area contributed by atoms with Crippen LogP contribution in [0.4, 0.5) is 0 Å². The van der Waals surface area contributed by atoms with Gasteiger partial charge in [0.2, 0.25) is 5.91 Å². The summed E-state index contributed by atoms with van der Waals surface area (Å²) in [6.45, 7) is 4.95. The van der Waals surface area contributed by atoms with E-state index in [4.69, 9.17) is 0 Å². The van der Waals surface area contributed by atoms with E-state index in [2.05, 4.69) is 41.6 Å². The van der Waals surface area contributed by atoms with Crippen LogP contribution < -0.4 is 10.6 Å². The summed E-state index contributed by atoms with van der Waals surface area (Å²) in [6, 6.07) is 4.64. The standard InChI is InChI=1S/C19H32N4OS/c1-14(12-16-9-8-15(2)25-16)22-18(20-3)21-13-19(10-6-7-11-19)17(24)23(4)5/h8-9,14H,6-7,10-13H2,1-5H3,(H2,20,21,22). The molecule has 1 aromatic rings. The van der Waals surface area contributed by atoms with Crippen LogP contribution in [0.25, 0.3) is 0 Å². The van der Waals surface area contributed by atoms with Gasteiger partial charge in [0.1, 0.15) is 0 Å². The first-order valence-electron chi connectivity index (χ1n) is 9.10. The highest BCUT2D eigenvalue weighted by Gasteiger charge is 2.42. The first-order valence-corrected chi connectivity index (χ1v) is 9.92. The number of hydrogen-bond acceptors (Lipinski definition) is 3. The first kappa shape index (κ1) is 19.8. The van der Waals surface area contributed by atoms with E-state index in [-0.39, 0.29) is 17.4 Å². The Morgan fingerprint density at radius 2 is 2.04 bits per heavy atom. The van der Waals surface area contributed by atoms with E-state index in [1.807, 2.05) is 25.4 Å². The number of guanidine groups is 1. The van der Waals surface area contributed by atoms with Gasteiger partial charge < -0.3 is 15.5 Å². The molecule has 140 valence electrons. The average Bonchev–Trinajstić information content (AvgIpc) is 3.20. The highest BCUT2D eigenvalue weighted by molar-refractivity contribution is 7.11. The van der Waals surface area contributed by atoms with E-state index in [0.29, 0.717) is 6.54 Å². The maximum Gasteiger partial charge on any atom is 0.230 e. The fourth-order valence-corrected chi connectivity index (χ4v) is 4.64. The number of carbonyl (C=O) groups excluding carboxylic acids is 1. The third kappa shape index (κ3) is 5.21. The maximum absolute atomic E-state index is 12.7. The number of carbonyl (C=O) groups is 1. The molecule has 1 aromatic heterocycles. The van der Waals surface area contributed by atoms with Gasteiger partial charge in [-0.3, -0.25) is 9.79 Å². The monoisotopic (exact) mass is 364 g/mol. The smallest absolute Gasteiger partial charge is 0.230 e. The molecule has 1 unspecified atom stereocenters. The summed E-state index contributed by atoms with van der Waals surface area (Å²) in [4.78, 5) is 21.5. The largest absolute Gasteiger partial charge is 0.355 e. The number of hydrogen-bond donors (Lipinski definition) is 2. The van der Waals surface area contributed by atoms with E-state index in [9.17, 15) is 4.79 Å². The molecule has 0 saturated heterocycles. The molecule has 0 spiro atoms. The third-order valence-corrected chi connectivity index (χ3v) is 5.95. The molecule has 2 N–H and O–H groups in total. The zero-order chi connectivity index (χ0) is 18.4. The lowest BCUT2D eigenvalue weighted by Gasteiger charge is -2.31. The summed E-state index contributed by atoms with van der Waals surface area (Å²) in [6.07, 6.45) is 5.14. The van der Waals surface area contributed by atoms with Crippen LogP contribution in [0, 0.1) is 12.3 Å². The van der Waals surface area contributed by atoms with Gasteiger partial charge in [0.05, 0.1) is 5.41 Å². The minimum absolute atomic E-state index is 0.232. The van der Waals surface area contributed by atoms with Crippen molar-refractivity contribution in [3.8, 4) is 0 Å². The summed E-state index contributed by atoms with van der Waals surface area (Å²) in [5.74, 6) is 1.01. The van der Waals surface area contributed by atoms with E-state index >= 15 is 0 Å². The van der Waals surface area contributed by atoms with Crippen molar-refractivity contribution >= 4 is 23.2 Å². The molecule has 1 saturated carbocycles. The fourth-order valence-electron chi connectivity index (χ4n) is 3.62. The SMILES string of the molecule is CN=C(NCC1(C(=O)N(C)C)CCCC1)NC(C)Cc1ccc(C)s1. The lowest BCUT2D eigenvalue weighted by molar-refractivity contribution is -0.138. The molecule has 0 aliphatic heterocycles. The quantitative estimate of drug-likeness (QED) is 0.603. The second-order valence-electron chi connectivity index (χ2n) is 7.37. The summed E-state index contributed by atoms with van der Waals surface area (Å²) >= 11 is 1.84. The van der Waals surface area contributed by atoms with Gasteiger partial charge in [-0.05, 0) is 38.8 Å². The molecule has 1 fully saturated rings. The Kier molecular flexibility index (Phi) is 6.87. The van der Waals surface area contributed by atoms with Gasteiger partial charge in [0, 0.05) is 49.9 Å². The number of aliphatic imine (C=N–C) groups is 1. The van der Waals surface area contributed by atoms with Crippen LogP contribution in [0.2, 0.25) is 0 Å². The van der Waals surface area contributed by atoms with Gasteiger partial charge in [-0.1, -0.05) is 12.8 Å². The molecule has 1 atom stereocenters. The Bertz CT molecular complexity index is 602. The lowest BCUT2D eigenvalue weighted by atomic mass is 9.84. The van der Waals surface area contributed by atoms with Gasteiger partial charge in [0.25, 0.3) is 0 Å². The Morgan fingerprint density at radius 3 is 2.56 bits per heavy atom. The van der Waals surface area contributed by atoms with Crippen molar-refractivity contribution in [1.82, 2.24) is 15.5 Å². The minimum atomic E-state index is -0.283. The van der Waals surface area contributed by atoms with Gasteiger partial charge >= 0.3 is 0 Å². The van der Waals surface area contributed by atoms with Crippen molar-refractivity contribution in [3.63, 3.8) is 0 Å². The molecule has 2 rings (SSSR count). The predicted molar refractivity (Wildman–Crippen MR) is 106 cm³/mol. The molecule has 1 amide bonds. The van der Waals surface area contributed by atoms with Crippen molar-refractivity contribution in [2.24, 2.45) is 10.4 Å². The van der Waals surface area contributed by atoms with Crippen LogP contribution >= 0.6 is 11.3 Å². The average molecular weight is 365 g/mol. The molecular formula is C19H32N4OS. The van der Waals surface area contributed by atoms with Crippen molar-refractivity contribution in [2.45, 2.75) is 52.0 Å². The Labute approximate surface area is 155 Å². The van der Waals surface area contributed by atoms with Crippen LogP contribution in [-0.4, -0.2) is 50.5 Å². The molecular weight excluding hydrogens is 332 g/mol. The second kappa shape index (κ2) is 8.70. The normalized spacial score (nSPS) is 18.0. The number of nitrogens with one attached hydrogen (secondary N) is 2. The van der Waals surface area contributed by atoms with Gasteiger partial charge in [-0.2, -0.15) is 0 Å². The van der Waals surface area contributed by atoms with Crippen molar-refractivity contribution < 1.29 is 4.79 Å². The summed E-state index contributed by atoms with van der Waals surface area (Å²) < 4.78 is 0. The highest BCUT2D eigenvalue weighted by Crippen LogP contribution is 2.38. The lowest BCUT2D eigenvalue weighted by Crippen LogP contribution is -2.50. The summed E-state index contributed by atoms with van der Waals surface area (Å²) in [5, 5.41) is 6.86. The number of amides is 1. The number of nitrogens with zero attached hydrogens (tertiary/aromatic N) is 2. The number of aryl methyl sites for hydroxylation is 1. The molecule has 1 aliphatic rings. The number of thiophene rings is 1. The molecule has 0 bridgehead atoms. The minimum Gasteiger partial charge on any atom is -0.355 e. The third-order valence-electron chi connectivity index (χ3n) is 4.92. The van der Waals surface area contributed by atoms with E-state index in [1.54, 1.807) is 11.9 Å². The Morgan fingerprint density at radius 1 is 1.36 bits per heavy atom. The highest BCUT2D eigenvalue weighted by atomic mass is 32.1.